The van der Waals surface area contributed by atoms with E-state index in [2.05, 4.69) is 10.2 Å². The van der Waals surface area contributed by atoms with Crippen molar-refractivity contribution in [1.29, 1.82) is 0 Å². The number of aliphatic imine (C=N–C) groups is 1. The molecule has 1 heterocycles. The van der Waals surface area contributed by atoms with E-state index in [0.717, 1.165) is 10.5 Å². The third-order valence-corrected chi connectivity index (χ3v) is 6.16. The Labute approximate surface area is 209 Å². The van der Waals surface area contributed by atoms with Crippen LogP contribution in [-0.2, 0) is 31.1 Å². The third-order valence-electron chi connectivity index (χ3n) is 6.05. The first-order chi connectivity index (χ1) is 16.7. The van der Waals surface area contributed by atoms with Crippen molar-refractivity contribution in [2.24, 2.45) is 10.9 Å². The summed E-state index contributed by atoms with van der Waals surface area (Å²) in [7, 11) is 0. The molecule has 0 saturated heterocycles. The van der Waals surface area contributed by atoms with E-state index in [1.165, 1.54) is 0 Å². The summed E-state index contributed by atoms with van der Waals surface area (Å²) >= 11 is 4.76. The first kappa shape index (κ1) is 24.5. The maximum atomic E-state index is 14.0. The van der Waals surface area contributed by atoms with Crippen LogP contribution in [0.3, 0.4) is 0 Å². The number of amides is 2. The Hall–Kier alpha value is -3.61. The number of imide groups is 1. The summed E-state index contributed by atoms with van der Waals surface area (Å²) in [5.74, 6) is -2.04. The molecule has 0 fully saturated rings. The SMILES string of the molecule is CC(C)(C)OC(=O)[C@@H]1C[C@@H](N=C=S)C=C[C@@]12C(=O)N(C(=O)OCc1ccccc1)c1ccccc12. The molecule has 0 bridgehead atoms. The minimum Gasteiger partial charge on any atom is -0.460 e. The molecule has 4 rings (SSSR count). The summed E-state index contributed by atoms with van der Waals surface area (Å²) in [6, 6.07) is 15.7. The standard InChI is InChI=1S/C27H26N2O5S/c1-26(2,3)34-23(30)21-15-19(28-17-35)13-14-27(21)20-11-7-8-12-22(20)29(24(27)31)25(32)33-16-18-9-5-4-6-10-18/h4-14,19,21H,15-16H2,1-3H3/t19-,21-,27-/m0/s1. The summed E-state index contributed by atoms with van der Waals surface area (Å²) in [5, 5.41) is 2.35. The lowest BCUT2D eigenvalue weighted by molar-refractivity contribution is -0.164. The van der Waals surface area contributed by atoms with Gasteiger partial charge in [-0.2, -0.15) is 0 Å². The molecule has 0 unspecified atom stereocenters. The molecular weight excluding hydrogens is 464 g/mol. The zero-order valence-corrected chi connectivity index (χ0v) is 20.6. The summed E-state index contributed by atoms with van der Waals surface area (Å²) in [4.78, 5) is 45.8. The van der Waals surface area contributed by atoms with Crippen molar-refractivity contribution in [3.05, 3.63) is 77.9 Å². The van der Waals surface area contributed by atoms with Crippen LogP contribution in [0.5, 0.6) is 0 Å². The van der Waals surface area contributed by atoms with E-state index in [1.54, 1.807) is 57.2 Å². The van der Waals surface area contributed by atoms with E-state index in [0.29, 0.717) is 11.3 Å². The highest BCUT2D eigenvalue weighted by Gasteiger charge is 2.60. The van der Waals surface area contributed by atoms with Crippen molar-refractivity contribution in [1.82, 2.24) is 0 Å². The summed E-state index contributed by atoms with van der Waals surface area (Å²) < 4.78 is 11.2. The predicted molar refractivity (Wildman–Crippen MR) is 134 cm³/mol. The summed E-state index contributed by atoms with van der Waals surface area (Å²) in [5.41, 5.74) is -0.486. The van der Waals surface area contributed by atoms with E-state index in [9.17, 15) is 14.4 Å². The van der Waals surface area contributed by atoms with Crippen LogP contribution in [0.1, 0.15) is 38.3 Å². The maximum absolute atomic E-state index is 14.0. The van der Waals surface area contributed by atoms with Gasteiger partial charge in [0.1, 0.15) is 17.6 Å². The molecule has 1 aliphatic carbocycles. The van der Waals surface area contributed by atoms with Crippen molar-refractivity contribution < 1.29 is 23.9 Å². The minimum absolute atomic E-state index is 0.00934. The van der Waals surface area contributed by atoms with Crippen LogP contribution in [0.15, 0.2) is 71.7 Å². The molecule has 1 aliphatic heterocycles. The molecule has 7 nitrogen and oxygen atoms in total. The van der Waals surface area contributed by atoms with Gasteiger partial charge >= 0.3 is 12.1 Å². The minimum atomic E-state index is -1.43. The zero-order chi connectivity index (χ0) is 25.2. The number of carbonyl (C=O) groups excluding carboxylic acids is 3. The lowest BCUT2D eigenvalue weighted by atomic mass is 9.65. The molecule has 3 atom stereocenters. The Kier molecular flexibility index (Phi) is 6.70. The van der Waals surface area contributed by atoms with Crippen LogP contribution in [0.4, 0.5) is 10.5 Å². The van der Waals surface area contributed by atoms with Crippen LogP contribution in [0.2, 0.25) is 0 Å². The number of carbonyl (C=O) groups is 3. The fourth-order valence-corrected chi connectivity index (χ4v) is 4.73. The van der Waals surface area contributed by atoms with Gasteiger partial charge in [-0.25, -0.2) is 14.7 Å². The average Bonchev–Trinajstić information content (AvgIpc) is 3.07. The van der Waals surface area contributed by atoms with Gasteiger partial charge in [-0.05, 0) is 56.6 Å². The molecule has 2 aliphatic rings. The second-order valence-corrected chi connectivity index (χ2v) is 9.72. The molecule has 35 heavy (non-hydrogen) atoms. The molecule has 180 valence electrons. The highest BCUT2D eigenvalue weighted by Crippen LogP contribution is 2.51. The molecule has 0 radical (unpaired) electrons. The molecule has 2 amide bonds. The fourth-order valence-electron chi connectivity index (χ4n) is 4.59. The van der Waals surface area contributed by atoms with Gasteiger partial charge in [-0.15, -0.1) is 0 Å². The maximum Gasteiger partial charge on any atom is 0.421 e. The Balaban J connectivity index is 1.75. The Bertz CT molecular complexity index is 1230. The van der Waals surface area contributed by atoms with Crippen molar-refractivity contribution in [3.8, 4) is 0 Å². The monoisotopic (exact) mass is 490 g/mol. The number of ether oxygens (including phenoxy) is 2. The first-order valence-electron chi connectivity index (χ1n) is 11.3. The number of para-hydroxylation sites is 1. The van der Waals surface area contributed by atoms with Gasteiger partial charge in [0, 0.05) is 0 Å². The number of hydrogen-bond donors (Lipinski definition) is 0. The average molecular weight is 491 g/mol. The zero-order valence-electron chi connectivity index (χ0n) is 19.8. The van der Waals surface area contributed by atoms with Crippen LogP contribution >= 0.6 is 12.2 Å². The Morgan fingerprint density at radius 1 is 1.14 bits per heavy atom. The van der Waals surface area contributed by atoms with Crippen LogP contribution in [-0.4, -0.2) is 34.8 Å². The topological polar surface area (TPSA) is 85.3 Å². The molecule has 2 aromatic carbocycles. The quantitative estimate of drug-likeness (QED) is 0.260. The van der Waals surface area contributed by atoms with Gasteiger partial charge in [0.05, 0.1) is 22.8 Å². The number of esters is 1. The first-order valence-corrected chi connectivity index (χ1v) is 11.7. The van der Waals surface area contributed by atoms with Gasteiger partial charge < -0.3 is 9.47 Å². The number of rotatable bonds is 4. The second-order valence-electron chi connectivity index (χ2n) is 9.54. The van der Waals surface area contributed by atoms with Gasteiger partial charge in [0.2, 0.25) is 0 Å². The van der Waals surface area contributed by atoms with Gasteiger partial charge in [-0.3, -0.25) is 9.59 Å². The molecule has 0 N–H and O–H groups in total. The summed E-state index contributed by atoms with van der Waals surface area (Å²) in [6.45, 7) is 5.30. The lowest BCUT2D eigenvalue weighted by Crippen LogP contribution is -2.52. The van der Waals surface area contributed by atoms with Gasteiger partial charge in [-0.1, -0.05) is 60.7 Å². The van der Waals surface area contributed by atoms with Crippen molar-refractivity contribution in [3.63, 3.8) is 0 Å². The van der Waals surface area contributed by atoms with Crippen molar-refractivity contribution in [2.75, 3.05) is 4.90 Å². The van der Waals surface area contributed by atoms with Gasteiger partial charge in [0.25, 0.3) is 5.91 Å². The number of thiocarbonyl (C=S) groups is 1. The Morgan fingerprint density at radius 3 is 2.51 bits per heavy atom. The predicted octanol–water partition coefficient (Wildman–Crippen LogP) is 5.00. The fraction of sp³-hybridized carbons (Fsp3) is 0.333. The lowest BCUT2D eigenvalue weighted by Gasteiger charge is -2.37. The molecule has 8 heteroatoms. The summed E-state index contributed by atoms with van der Waals surface area (Å²) in [6.07, 6.45) is 2.76. The number of fused-ring (bicyclic) bond motifs is 2. The van der Waals surface area contributed by atoms with Gasteiger partial charge in [0.15, 0.2) is 0 Å². The van der Waals surface area contributed by atoms with Crippen LogP contribution < -0.4 is 4.90 Å². The number of hydrogen-bond acceptors (Lipinski definition) is 7. The van der Waals surface area contributed by atoms with Crippen LogP contribution in [0.25, 0.3) is 0 Å². The molecular formula is C27H26N2O5S. The highest BCUT2D eigenvalue weighted by molar-refractivity contribution is 7.78. The number of benzene rings is 2. The molecule has 2 aromatic rings. The molecule has 1 spiro atoms. The van der Waals surface area contributed by atoms with E-state index in [1.807, 2.05) is 30.3 Å². The number of isothiocyanates is 1. The number of anilines is 1. The van der Waals surface area contributed by atoms with E-state index in [-0.39, 0.29) is 13.0 Å². The molecule has 0 saturated carbocycles. The largest absolute Gasteiger partial charge is 0.460 e. The van der Waals surface area contributed by atoms with E-state index >= 15 is 0 Å². The Morgan fingerprint density at radius 2 is 1.83 bits per heavy atom. The normalized spacial score (nSPS) is 22.9. The van der Waals surface area contributed by atoms with Crippen LogP contribution in [0, 0.1) is 5.92 Å². The second kappa shape index (κ2) is 9.56. The van der Waals surface area contributed by atoms with Crippen molar-refractivity contribution in [2.45, 2.75) is 50.9 Å². The van der Waals surface area contributed by atoms with E-state index < -0.39 is 40.9 Å². The molecule has 0 aromatic heterocycles. The smallest absolute Gasteiger partial charge is 0.421 e. The van der Waals surface area contributed by atoms with E-state index in [4.69, 9.17) is 21.7 Å². The van der Waals surface area contributed by atoms with Crippen molar-refractivity contribution >= 4 is 41.0 Å². The number of nitrogens with zero attached hydrogens (tertiary/aromatic N) is 2. The highest BCUT2D eigenvalue weighted by atomic mass is 32.1. The third kappa shape index (κ3) is 4.67.